The number of hydrogen-bond donors (Lipinski definition) is 1. The fourth-order valence-corrected chi connectivity index (χ4v) is 4.24. The van der Waals surface area contributed by atoms with Crippen LogP contribution in [0.25, 0.3) is 33.5 Å². The van der Waals surface area contributed by atoms with Gasteiger partial charge in [0, 0.05) is 31.0 Å². The summed E-state index contributed by atoms with van der Waals surface area (Å²) in [5.41, 5.74) is 5.00. The summed E-state index contributed by atoms with van der Waals surface area (Å²) in [6.45, 7) is 1.83. The van der Waals surface area contributed by atoms with Gasteiger partial charge in [0.2, 0.25) is 0 Å². The minimum atomic E-state index is -0.528. The van der Waals surface area contributed by atoms with Crippen molar-refractivity contribution in [3.63, 3.8) is 0 Å². The van der Waals surface area contributed by atoms with Crippen molar-refractivity contribution in [1.82, 2.24) is 15.0 Å². The van der Waals surface area contributed by atoms with Crippen molar-refractivity contribution in [3.8, 4) is 28.6 Å². The van der Waals surface area contributed by atoms with Gasteiger partial charge in [-0.25, -0.2) is 9.37 Å². The van der Waals surface area contributed by atoms with E-state index in [-0.39, 0.29) is 5.56 Å². The molecule has 0 bridgehead atoms. The van der Waals surface area contributed by atoms with E-state index in [1.807, 2.05) is 24.3 Å². The smallest absolute Gasteiger partial charge is 0.142 e. The number of anilines is 1. The highest BCUT2D eigenvalue weighted by Gasteiger charge is 2.23. The van der Waals surface area contributed by atoms with E-state index in [0.717, 1.165) is 53.8 Å². The maximum absolute atomic E-state index is 13.9. The number of imidazole rings is 1. The van der Waals surface area contributed by atoms with Crippen LogP contribution in [0.3, 0.4) is 0 Å². The number of nitrogens with zero attached hydrogens (tertiary/aromatic N) is 4. The summed E-state index contributed by atoms with van der Waals surface area (Å²) in [5.74, 6) is 0.150. The molecule has 0 unspecified atom stereocenters. The van der Waals surface area contributed by atoms with E-state index in [2.05, 4.69) is 14.9 Å². The number of pyridine rings is 1. The molecule has 3 heterocycles. The zero-order valence-corrected chi connectivity index (χ0v) is 16.7. The number of aromatic nitrogens is 3. The monoisotopic (exact) mass is 417 g/mol. The van der Waals surface area contributed by atoms with Crippen molar-refractivity contribution in [1.29, 1.82) is 5.26 Å². The molecule has 1 saturated heterocycles. The number of halogens is 2. The van der Waals surface area contributed by atoms with E-state index >= 15 is 0 Å². The van der Waals surface area contributed by atoms with Crippen LogP contribution in [-0.4, -0.2) is 28.0 Å². The van der Waals surface area contributed by atoms with E-state index in [0.29, 0.717) is 16.4 Å². The molecule has 30 heavy (non-hydrogen) atoms. The van der Waals surface area contributed by atoms with Crippen LogP contribution < -0.4 is 4.90 Å². The van der Waals surface area contributed by atoms with Crippen LogP contribution in [0.2, 0.25) is 5.02 Å². The average molecular weight is 418 g/mol. The summed E-state index contributed by atoms with van der Waals surface area (Å²) < 4.78 is 13.9. The minimum Gasteiger partial charge on any atom is -0.370 e. The Kier molecular flexibility index (Phi) is 4.61. The van der Waals surface area contributed by atoms with Gasteiger partial charge in [-0.3, -0.25) is 4.98 Å². The third-order valence-corrected chi connectivity index (χ3v) is 5.76. The molecule has 1 N–H and O–H groups in total. The summed E-state index contributed by atoms with van der Waals surface area (Å²) in [5, 5.41) is 9.85. The molecule has 0 saturated carbocycles. The molecular weight excluding hydrogens is 401 g/mol. The van der Waals surface area contributed by atoms with E-state index in [1.165, 1.54) is 6.07 Å². The number of fused-ring (bicyclic) bond motifs is 1. The van der Waals surface area contributed by atoms with Crippen LogP contribution in [0, 0.1) is 17.1 Å². The fourth-order valence-electron chi connectivity index (χ4n) is 4.02. The highest BCUT2D eigenvalue weighted by molar-refractivity contribution is 6.35. The molecule has 0 spiro atoms. The lowest BCUT2D eigenvalue weighted by molar-refractivity contribution is 0.624. The molecule has 7 heteroatoms. The van der Waals surface area contributed by atoms with Crippen LogP contribution in [0.5, 0.6) is 0 Å². The molecule has 5 nitrogen and oxygen atoms in total. The number of nitriles is 1. The molecule has 5 rings (SSSR count). The van der Waals surface area contributed by atoms with Gasteiger partial charge in [-0.15, -0.1) is 0 Å². The Morgan fingerprint density at radius 1 is 1.10 bits per heavy atom. The highest BCUT2D eigenvalue weighted by atomic mass is 35.5. The second-order valence-corrected chi connectivity index (χ2v) is 7.71. The van der Waals surface area contributed by atoms with Crippen LogP contribution in [-0.2, 0) is 0 Å². The lowest BCUT2D eigenvalue weighted by atomic mass is 10.00. The lowest BCUT2D eigenvalue weighted by Crippen LogP contribution is -2.20. The molecule has 2 aromatic heterocycles. The van der Waals surface area contributed by atoms with Gasteiger partial charge in [-0.05, 0) is 42.7 Å². The van der Waals surface area contributed by atoms with Crippen molar-refractivity contribution in [2.24, 2.45) is 0 Å². The predicted octanol–water partition coefficient (Wildman–Crippen LogP) is 5.56. The topological polar surface area (TPSA) is 68.6 Å². The zero-order valence-electron chi connectivity index (χ0n) is 16.0. The van der Waals surface area contributed by atoms with E-state index in [4.69, 9.17) is 16.6 Å². The van der Waals surface area contributed by atoms with Gasteiger partial charge in [0.15, 0.2) is 0 Å². The average Bonchev–Trinajstić information content (AvgIpc) is 3.44. The van der Waals surface area contributed by atoms with Gasteiger partial charge in [-0.2, -0.15) is 5.26 Å². The predicted molar refractivity (Wildman–Crippen MR) is 116 cm³/mol. The van der Waals surface area contributed by atoms with Crippen molar-refractivity contribution in [2.75, 3.05) is 18.0 Å². The highest BCUT2D eigenvalue weighted by Crippen LogP contribution is 2.40. The summed E-state index contributed by atoms with van der Waals surface area (Å²) in [4.78, 5) is 14.8. The lowest BCUT2D eigenvalue weighted by Gasteiger charge is -2.24. The van der Waals surface area contributed by atoms with Crippen LogP contribution in [0.4, 0.5) is 10.1 Å². The Bertz CT molecular complexity index is 1300. The number of H-pyrrole nitrogens is 1. The van der Waals surface area contributed by atoms with Gasteiger partial charge in [0.05, 0.1) is 27.4 Å². The van der Waals surface area contributed by atoms with Crippen LogP contribution in [0.15, 0.2) is 48.8 Å². The second kappa shape index (κ2) is 7.43. The summed E-state index contributed by atoms with van der Waals surface area (Å²) in [7, 11) is 0. The van der Waals surface area contributed by atoms with Gasteiger partial charge < -0.3 is 9.88 Å². The fraction of sp³-hybridized carbons (Fsp3) is 0.174. The van der Waals surface area contributed by atoms with Crippen LogP contribution in [0.1, 0.15) is 18.4 Å². The quantitative estimate of drug-likeness (QED) is 0.474. The standard InChI is InChI=1S/C23H17ClFN5/c24-18-4-3-5-20-21(18)29-23(28-20)17-13-27-12-16(22(17)30-8-1-2-9-30)14-6-7-19(25)15(10-14)11-26/h3-7,10,12-13H,1-2,8-9H2,(H,28,29). The van der Waals surface area contributed by atoms with Crippen molar-refractivity contribution >= 4 is 28.3 Å². The molecule has 0 atom stereocenters. The normalized spacial score (nSPS) is 13.7. The Morgan fingerprint density at radius 3 is 2.67 bits per heavy atom. The molecule has 0 radical (unpaired) electrons. The van der Waals surface area contributed by atoms with E-state index in [1.54, 1.807) is 24.5 Å². The first-order valence-corrected chi connectivity index (χ1v) is 10.1. The number of para-hydroxylation sites is 1. The number of hydrogen-bond acceptors (Lipinski definition) is 4. The molecule has 1 aliphatic heterocycles. The van der Waals surface area contributed by atoms with Gasteiger partial charge in [-0.1, -0.05) is 23.7 Å². The number of rotatable bonds is 3. The minimum absolute atomic E-state index is 0.0146. The van der Waals surface area contributed by atoms with E-state index in [9.17, 15) is 9.65 Å². The molecule has 1 fully saturated rings. The van der Waals surface area contributed by atoms with Gasteiger partial charge in [0.1, 0.15) is 23.2 Å². The Morgan fingerprint density at radius 2 is 1.90 bits per heavy atom. The number of aromatic amines is 1. The Balaban J connectivity index is 1.74. The zero-order chi connectivity index (χ0) is 20.7. The maximum atomic E-state index is 13.9. The van der Waals surface area contributed by atoms with Gasteiger partial charge >= 0.3 is 0 Å². The molecule has 1 aliphatic rings. The molecule has 2 aromatic carbocycles. The van der Waals surface area contributed by atoms with Crippen molar-refractivity contribution in [3.05, 3.63) is 65.2 Å². The Hall–Kier alpha value is -3.43. The summed E-state index contributed by atoms with van der Waals surface area (Å²) >= 11 is 6.33. The van der Waals surface area contributed by atoms with E-state index < -0.39 is 5.82 Å². The van der Waals surface area contributed by atoms with Crippen molar-refractivity contribution < 1.29 is 4.39 Å². The molecule has 0 aliphatic carbocycles. The summed E-state index contributed by atoms with van der Waals surface area (Å²) in [6.07, 6.45) is 5.75. The number of nitrogens with one attached hydrogen (secondary N) is 1. The molecule has 4 aromatic rings. The van der Waals surface area contributed by atoms with Gasteiger partial charge in [0.25, 0.3) is 0 Å². The first-order chi connectivity index (χ1) is 14.7. The first-order valence-electron chi connectivity index (χ1n) is 9.73. The molecule has 148 valence electrons. The second-order valence-electron chi connectivity index (χ2n) is 7.31. The Labute approximate surface area is 177 Å². The van der Waals surface area contributed by atoms with Crippen molar-refractivity contribution in [2.45, 2.75) is 12.8 Å². The largest absolute Gasteiger partial charge is 0.370 e. The third-order valence-electron chi connectivity index (χ3n) is 5.46. The SMILES string of the molecule is N#Cc1cc(-c2cncc(-c3nc4c(Cl)cccc4[nH]3)c2N2CCCC2)ccc1F. The van der Waals surface area contributed by atoms with Crippen LogP contribution >= 0.6 is 11.6 Å². The summed E-state index contributed by atoms with van der Waals surface area (Å²) in [6, 6.07) is 12.1. The number of benzene rings is 2. The molecule has 0 amide bonds. The maximum Gasteiger partial charge on any atom is 0.142 e. The molecular formula is C23H17ClFN5. The third kappa shape index (κ3) is 3.08. The first kappa shape index (κ1) is 18.6.